The SMILES string of the molecule is CCC(=O)N1c2ccc(S(=O)(=O)CCC(=O)Nc3ccc(Br)c(C)c3)cc2CC1C. The molecule has 1 atom stereocenters. The van der Waals surface area contributed by atoms with Crippen LogP contribution in [0, 0.1) is 6.92 Å². The molecule has 1 heterocycles. The highest BCUT2D eigenvalue weighted by molar-refractivity contribution is 9.10. The normalized spacial score (nSPS) is 15.7. The van der Waals surface area contributed by atoms with Gasteiger partial charge >= 0.3 is 0 Å². The number of benzene rings is 2. The third-order valence-electron chi connectivity index (χ3n) is 5.24. The minimum atomic E-state index is -3.62. The van der Waals surface area contributed by atoms with Crippen molar-refractivity contribution in [3.05, 3.63) is 52.0 Å². The summed E-state index contributed by atoms with van der Waals surface area (Å²) in [5.74, 6) is -0.605. The Morgan fingerprint density at radius 2 is 1.93 bits per heavy atom. The number of carbonyl (C=O) groups is 2. The molecule has 0 fully saturated rings. The van der Waals surface area contributed by atoms with Crippen LogP contribution in [0.5, 0.6) is 0 Å². The highest BCUT2D eigenvalue weighted by Gasteiger charge is 2.31. The topological polar surface area (TPSA) is 83.6 Å². The second-order valence-corrected chi connectivity index (χ2v) is 10.5. The van der Waals surface area contributed by atoms with Crippen molar-refractivity contribution in [1.82, 2.24) is 0 Å². The number of hydrogen-bond donors (Lipinski definition) is 1. The molecule has 2 amide bonds. The van der Waals surface area contributed by atoms with E-state index in [1.807, 2.05) is 32.9 Å². The quantitative estimate of drug-likeness (QED) is 0.653. The van der Waals surface area contributed by atoms with Crippen LogP contribution in [0.4, 0.5) is 11.4 Å². The van der Waals surface area contributed by atoms with E-state index in [0.717, 1.165) is 21.3 Å². The number of amides is 2. The number of aryl methyl sites for hydroxylation is 1. The third kappa shape index (κ3) is 4.75. The Bertz CT molecular complexity index is 1100. The Labute approximate surface area is 185 Å². The number of fused-ring (bicyclic) bond motifs is 1. The molecule has 0 aliphatic carbocycles. The molecule has 0 spiro atoms. The van der Waals surface area contributed by atoms with Crippen LogP contribution in [0.2, 0.25) is 0 Å². The highest BCUT2D eigenvalue weighted by atomic mass is 79.9. The van der Waals surface area contributed by atoms with E-state index in [1.54, 1.807) is 23.1 Å². The fourth-order valence-electron chi connectivity index (χ4n) is 3.64. The Morgan fingerprint density at radius 3 is 2.60 bits per heavy atom. The fourth-order valence-corrected chi connectivity index (χ4v) is 5.18. The van der Waals surface area contributed by atoms with Crippen molar-refractivity contribution in [2.75, 3.05) is 16.0 Å². The van der Waals surface area contributed by atoms with Gasteiger partial charge in [0, 0.05) is 34.7 Å². The van der Waals surface area contributed by atoms with Gasteiger partial charge in [-0.25, -0.2) is 8.42 Å². The maximum absolute atomic E-state index is 12.8. The molecule has 0 saturated carbocycles. The zero-order valence-corrected chi connectivity index (χ0v) is 19.6. The van der Waals surface area contributed by atoms with Gasteiger partial charge in [-0.15, -0.1) is 0 Å². The first-order valence-electron chi connectivity index (χ1n) is 9.86. The second-order valence-electron chi connectivity index (χ2n) is 7.54. The van der Waals surface area contributed by atoms with E-state index in [-0.39, 0.29) is 34.9 Å². The van der Waals surface area contributed by atoms with E-state index in [0.29, 0.717) is 18.5 Å². The first-order chi connectivity index (χ1) is 14.1. The number of nitrogens with zero attached hydrogens (tertiary/aromatic N) is 1. The summed E-state index contributed by atoms with van der Waals surface area (Å²) in [7, 11) is -3.62. The lowest BCUT2D eigenvalue weighted by Crippen LogP contribution is -2.35. The lowest BCUT2D eigenvalue weighted by atomic mass is 10.1. The summed E-state index contributed by atoms with van der Waals surface area (Å²) < 4.78 is 26.5. The number of anilines is 2. The Hall–Kier alpha value is -2.19. The zero-order chi connectivity index (χ0) is 22.1. The van der Waals surface area contributed by atoms with Crippen LogP contribution in [-0.4, -0.2) is 32.0 Å². The maximum Gasteiger partial charge on any atom is 0.226 e. The molecule has 3 rings (SSSR count). The smallest absolute Gasteiger partial charge is 0.226 e. The van der Waals surface area contributed by atoms with E-state index in [9.17, 15) is 18.0 Å². The Kier molecular flexibility index (Phi) is 6.67. The number of halogens is 1. The van der Waals surface area contributed by atoms with Crippen LogP contribution in [0.1, 0.15) is 37.8 Å². The fraction of sp³-hybridized carbons (Fsp3) is 0.364. The number of carbonyl (C=O) groups excluding carboxylic acids is 2. The third-order valence-corrected chi connectivity index (χ3v) is 7.84. The van der Waals surface area contributed by atoms with Crippen LogP contribution >= 0.6 is 15.9 Å². The van der Waals surface area contributed by atoms with Gasteiger partial charge in [0.1, 0.15) is 0 Å². The van der Waals surface area contributed by atoms with E-state index in [1.165, 1.54) is 6.07 Å². The summed E-state index contributed by atoms with van der Waals surface area (Å²) in [6, 6.07) is 10.3. The number of hydrogen-bond acceptors (Lipinski definition) is 4. The number of sulfone groups is 1. The molecule has 1 unspecified atom stereocenters. The first-order valence-corrected chi connectivity index (χ1v) is 12.3. The maximum atomic E-state index is 12.8. The summed E-state index contributed by atoms with van der Waals surface area (Å²) in [6.07, 6.45) is 0.885. The van der Waals surface area contributed by atoms with Gasteiger partial charge in [0.2, 0.25) is 11.8 Å². The summed E-state index contributed by atoms with van der Waals surface area (Å²) in [4.78, 5) is 26.4. The lowest BCUT2D eigenvalue weighted by molar-refractivity contribution is -0.118. The molecular formula is C22H25BrN2O4S. The van der Waals surface area contributed by atoms with Gasteiger partial charge in [0.25, 0.3) is 0 Å². The largest absolute Gasteiger partial charge is 0.326 e. The van der Waals surface area contributed by atoms with Crippen molar-refractivity contribution in [1.29, 1.82) is 0 Å². The molecule has 160 valence electrons. The number of rotatable bonds is 6. The molecule has 8 heteroatoms. The van der Waals surface area contributed by atoms with Gasteiger partial charge in [0.15, 0.2) is 9.84 Å². The standard InChI is InChI=1S/C22H25BrN2O4S/c1-4-22(27)25-15(3)12-16-13-18(6-8-20(16)25)30(28,29)10-9-21(26)24-17-5-7-19(23)14(2)11-17/h5-8,11,13,15H,4,9-10,12H2,1-3H3,(H,24,26). The molecular weight excluding hydrogens is 468 g/mol. The van der Waals surface area contributed by atoms with Gasteiger partial charge in [-0.2, -0.15) is 0 Å². The average Bonchev–Trinajstić information content (AvgIpc) is 3.03. The van der Waals surface area contributed by atoms with E-state index in [4.69, 9.17) is 0 Å². The molecule has 0 aromatic heterocycles. The predicted molar refractivity (Wildman–Crippen MR) is 122 cm³/mol. The van der Waals surface area contributed by atoms with Gasteiger partial charge in [-0.3, -0.25) is 9.59 Å². The molecule has 2 aromatic carbocycles. The molecule has 1 N–H and O–H groups in total. The van der Waals surface area contributed by atoms with E-state index >= 15 is 0 Å². The summed E-state index contributed by atoms with van der Waals surface area (Å²) in [5, 5.41) is 2.74. The van der Waals surface area contributed by atoms with Crippen molar-refractivity contribution in [2.24, 2.45) is 0 Å². The van der Waals surface area contributed by atoms with Crippen molar-refractivity contribution in [2.45, 2.75) is 51.0 Å². The zero-order valence-electron chi connectivity index (χ0n) is 17.2. The van der Waals surface area contributed by atoms with Crippen LogP contribution in [0.25, 0.3) is 0 Å². The van der Waals surface area contributed by atoms with Crippen molar-refractivity contribution in [3.63, 3.8) is 0 Å². The van der Waals surface area contributed by atoms with Crippen LogP contribution in [-0.2, 0) is 25.8 Å². The molecule has 1 aliphatic rings. The van der Waals surface area contributed by atoms with E-state index in [2.05, 4.69) is 21.2 Å². The average molecular weight is 493 g/mol. The summed E-state index contributed by atoms with van der Waals surface area (Å²) in [5.41, 5.74) is 3.23. The second kappa shape index (κ2) is 8.89. The molecule has 30 heavy (non-hydrogen) atoms. The molecule has 6 nitrogen and oxygen atoms in total. The van der Waals surface area contributed by atoms with Crippen molar-refractivity contribution < 1.29 is 18.0 Å². The summed E-state index contributed by atoms with van der Waals surface area (Å²) in [6.45, 7) is 5.68. The minimum absolute atomic E-state index is 0.00514. The lowest BCUT2D eigenvalue weighted by Gasteiger charge is -2.22. The van der Waals surface area contributed by atoms with Crippen LogP contribution in [0.15, 0.2) is 45.8 Å². The van der Waals surface area contributed by atoms with Gasteiger partial charge in [-0.05, 0) is 67.8 Å². The van der Waals surface area contributed by atoms with Crippen LogP contribution < -0.4 is 10.2 Å². The van der Waals surface area contributed by atoms with Crippen molar-refractivity contribution >= 4 is 49.0 Å². The van der Waals surface area contributed by atoms with Gasteiger partial charge in [-0.1, -0.05) is 22.9 Å². The predicted octanol–water partition coefficient (Wildman–Crippen LogP) is 4.25. The monoisotopic (exact) mass is 492 g/mol. The summed E-state index contributed by atoms with van der Waals surface area (Å²) >= 11 is 3.41. The van der Waals surface area contributed by atoms with E-state index < -0.39 is 9.84 Å². The highest BCUT2D eigenvalue weighted by Crippen LogP contribution is 2.34. The van der Waals surface area contributed by atoms with Gasteiger partial charge in [0.05, 0.1) is 10.6 Å². The Balaban J connectivity index is 1.69. The molecule has 0 saturated heterocycles. The molecule has 1 aliphatic heterocycles. The van der Waals surface area contributed by atoms with Crippen molar-refractivity contribution in [3.8, 4) is 0 Å². The van der Waals surface area contributed by atoms with Gasteiger partial charge < -0.3 is 10.2 Å². The van der Waals surface area contributed by atoms with Crippen LogP contribution in [0.3, 0.4) is 0 Å². The Morgan fingerprint density at radius 1 is 1.20 bits per heavy atom. The first kappa shape index (κ1) is 22.5. The molecule has 2 aromatic rings. The number of nitrogens with one attached hydrogen (secondary N) is 1. The minimum Gasteiger partial charge on any atom is -0.326 e. The molecule has 0 radical (unpaired) electrons. The molecule has 0 bridgehead atoms.